The topological polar surface area (TPSA) is 49.7 Å². The van der Waals surface area contributed by atoms with Crippen LogP contribution in [0.4, 0.5) is 0 Å². The molecule has 5 atom stereocenters. The van der Waals surface area contributed by atoms with Gasteiger partial charge in [0.2, 0.25) is 0 Å². The van der Waals surface area contributed by atoms with E-state index in [1.54, 1.807) is 0 Å². The summed E-state index contributed by atoms with van der Waals surface area (Å²) < 4.78 is 6.05. The molecule has 2 aliphatic rings. The number of hydrogen-bond acceptors (Lipinski definition) is 3. The Bertz CT molecular complexity index is 595. The van der Waals surface area contributed by atoms with E-state index in [2.05, 4.69) is 30.9 Å². The van der Waals surface area contributed by atoms with Crippen molar-refractivity contribution < 1.29 is 14.9 Å². The van der Waals surface area contributed by atoms with E-state index in [0.29, 0.717) is 12.3 Å². The molecule has 0 spiro atoms. The van der Waals surface area contributed by atoms with Crippen molar-refractivity contribution in [2.24, 2.45) is 11.8 Å². The zero-order chi connectivity index (χ0) is 18.4. The zero-order valence-electron chi connectivity index (χ0n) is 15.6. The van der Waals surface area contributed by atoms with Crippen molar-refractivity contribution in [1.29, 1.82) is 0 Å². The summed E-state index contributed by atoms with van der Waals surface area (Å²) in [4.78, 5) is 0. The fourth-order valence-electron chi connectivity index (χ4n) is 4.41. The minimum Gasteiger partial charge on any atom is -0.495 e. The van der Waals surface area contributed by atoms with Crippen molar-refractivity contribution in [3.8, 4) is 0 Å². The Balaban J connectivity index is 1.51. The molecule has 0 radical (unpaired) electrons. The Morgan fingerprint density at radius 2 is 1.96 bits per heavy atom. The highest BCUT2D eigenvalue weighted by Crippen LogP contribution is 2.41. The van der Waals surface area contributed by atoms with Crippen LogP contribution in [0.25, 0.3) is 0 Å². The van der Waals surface area contributed by atoms with Crippen LogP contribution in [0, 0.1) is 11.8 Å². The lowest BCUT2D eigenvalue weighted by molar-refractivity contribution is 0.0654. The number of rotatable bonds is 6. The predicted molar refractivity (Wildman–Crippen MR) is 105 cm³/mol. The van der Waals surface area contributed by atoms with E-state index >= 15 is 0 Å². The fourth-order valence-corrected chi connectivity index (χ4v) is 4.41. The zero-order valence-corrected chi connectivity index (χ0v) is 15.6. The molecule has 1 saturated carbocycles. The first-order valence-corrected chi connectivity index (χ1v) is 10.0. The lowest BCUT2D eigenvalue weighted by atomic mass is 9.85. The molecule has 1 aliphatic heterocycles. The Morgan fingerprint density at radius 3 is 2.77 bits per heavy atom. The van der Waals surface area contributed by atoms with E-state index in [1.807, 2.05) is 18.2 Å². The predicted octanol–water partition coefficient (Wildman–Crippen LogP) is 4.40. The first-order valence-electron chi connectivity index (χ1n) is 10.0. The molecule has 1 aliphatic carbocycles. The highest BCUT2D eigenvalue weighted by Gasteiger charge is 2.43. The summed E-state index contributed by atoms with van der Waals surface area (Å²) in [5.41, 5.74) is 1.26. The van der Waals surface area contributed by atoms with Crippen LogP contribution in [0.5, 0.6) is 0 Å². The van der Waals surface area contributed by atoms with Gasteiger partial charge in [-0.1, -0.05) is 49.1 Å². The van der Waals surface area contributed by atoms with E-state index < -0.39 is 0 Å². The van der Waals surface area contributed by atoms with Gasteiger partial charge in [0.15, 0.2) is 0 Å². The molecule has 26 heavy (non-hydrogen) atoms. The Morgan fingerprint density at radius 1 is 1.15 bits per heavy atom. The second kappa shape index (κ2) is 9.38. The highest BCUT2D eigenvalue weighted by atomic mass is 16.5. The number of aliphatic hydroxyl groups is 2. The number of allylic oxidation sites excluding steroid dienone is 3. The van der Waals surface area contributed by atoms with Crippen LogP contribution in [0.3, 0.4) is 0 Å². The molecule has 0 saturated heterocycles. The summed E-state index contributed by atoms with van der Waals surface area (Å²) in [7, 11) is 0. The number of hydrogen-bond donors (Lipinski definition) is 2. The van der Waals surface area contributed by atoms with Crippen molar-refractivity contribution in [2.45, 2.75) is 69.7 Å². The Hall–Kier alpha value is -1.58. The minimum atomic E-state index is -0.341. The molecule has 1 aromatic rings. The quantitative estimate of drug-likeness (QED) is 0.743. The average molecular weight is 357 g/mol. The van der Waals surface area contributed by atoms with Gasteiger partial charge in [0.05, 0.1) is 18.0 Å². The van der Waals surface area contributed by atoms with Crippen LogP contribution in [0.1, 0.15) is 50.5 Å². The molecule has 0 unspecified atom stereocenters. The van der Waals surface area contributed by atoms with Gasteiger partial charge in [0.1, 0.15) is 6.10 Å². The number of aliphatic hydroxyl groups excluding tert-OH is 2. The first kappa shape index (κ1) is 19.2. The van der Waals surface area contributed by atoms with E-state index in [4.69, 9.17) is 4.74 Å². The molecular formula is C23H32O3. The van der Waals surface area contributed by atoms with Gasteiger partial charge in [-0.25, -0.2) is 0 Å². The van der Waals surface area contributed by atoms with Gasteiger partial charge >= 0.3 is 0 Å². The normalized spacial score (nSPS) is 31.2. The van der Waals surface area contributed by atoms with E-state index in [1.165, 1.54) is 5.56 Å². The second-order valence-electron chi connectivity index (χ2n) is 7.83. The minimum absolute atomic E-state index is 0.0618. The SMILES string of the molecule is C=C1CC/C=C\C[C@@H]2[C@@H](CC[C@@H](O)CCc3ccccc3)[C@H](O)C[C@@H]2O1. The monoisotopic (exact) mass is 356 g/mol. The summed E-state index contributed by atoms with van der Waals surface area (Å²) >= 11 is 0. The standard InChI is InChI=1S/C23H32O3/c1-17-8-4-2-7-11-21-20(22(25)16-23(21)26-17)15-14-19(24)13-12-18-9-5-3-6-10-18/h2-3,5-7,9-10,19-25H,1,4,8,11-16H2/b7-2-/t19-,20+,21+,22+,23-/m0/s1. The summed E-state index contributed by atoms with van der Waals surface area (Å²) in [6.07, 6.45) is 10.6. The summed E-state index contributed by atoms with van der Waals surface area (Å²) in [6.45, 7) is 4.02. The highest BCUT2D eigenvalue weighted by molar-refractivity contribution is 5.14. The van der Waals surface area contributed by atoms with Crippen molar-refractivity contribution in [3.05, 3.63) is 60.4 Å². The van der Waals surface area contributed by atoms with Crippen LogP contribution >= 0.6 is 0 Å². The van der Waals surface area contributed by atoms with Gasteiger partial charge in [-0.15, -0.1) is 0 Å². The maximum absolute atomic E-state index is 10.6. The summed E-state index contributed by atoms with van der Waals surface area (Å²) in [5, 5.41) is 21.0. The van der Waals surface area contributed by atoms with Gasteiger partial charge < -0.3 is 14.9 Å². The number of ether oxygens (including phenoxy) is 1. The lowest BCUT2D eigenvalue weighted by Gasteiger charge is -2.26. The molecule has 1 fully saturated rings. The molecule has 1 heterocycles. The largest absolute Gasteiger partial charge is 0.495 e. The maximum atomic E-state index is 10.6. The molecule has 0 amide bonds. The Labute approximate surface area is 157 Å². The van der Waals surface area contributed by atoms with Crippen molar-refractivity contribution in [2.75, 3.05) is 0 Å². The smallest absolute Gasteiger partial charge is 0.104 e. The molecule has 3 heteroatoms. The first-order chi connectivity index (χ1) is 12.6. The van der Waals surface area contributed by atoms with Crippen LogP contribution in [0.2, 0.25) is 0 Å². The van der Waals surface area contributed by atoms with Crippen molar-refractivity contribution in [1.82, 2.24) is 0 Å². The van der Waals surface area contributed by atoms with Crippen LogP contribution < -0.4 is 0 Å². The molecule has 0 bridgehead atoms. The molecule has 1 aromatic carbocycles. The van der Waals surface area contributed by atoms with Crippen LogP contribution in [-0.2, 0) is 11.2 Å². The Kier molecular flexibility index (Phi) is 6.93. The molecule has 3 rings (SSSR count). The van der Waals surface area contributed by atoms with E-state index in [0.717, 1.165) is 50.7 Å². The maximum Gasteiger partial charge on any atom is 0.104 e. The van der Waals surface area contributed by atoms with E-state index in [9.17, 15) is 10.2 Å². The molecule has 2 N–H and O–H groups in total. The number of fused-ring (bicyclic) bond motifs is 1. The third-order valence-corrected chi connectivity index (χ3v) is 5.92. The third kappa shape index (κ3) is 5.21. The molecular weight excluding hydrogens is 324 g/mol. The summed E-state index contributed by atoms with van der Waals surface area (Å²) in [6, 6.07) is 10.3. The molecule has 0 aromatic heterocycles. The molecule has 142 valence electrons. The van der Waals surface area contributed by atoms with Gasteiger partial charge in [-0.3, -0.25) is 0 Å². The second-order valence-corrected chi connectivity index (χ2v) is 7.83. The van der Waals surface area contributed by atoms with Crippen molar-refractivity contribution in [3.63, 3.8) is 0 Å². The van der Waals surface area contributed by atoms with Crippen LogP contribution in [-0.4, -0.2) is 28.5 Å². The average Bonchev–Trinajstić information content (AvgIpc) is 2.96. The number of aryl methyl sites for hydroxylation is 1. The number of benzene rings is 1. The van der Waals surface area contributed by atoms with Gasteiger partial charge in [0.25, 0.3) is 0 Å². The van der Waals surface area contributed by atoms with Crippen LogP contribution in [0.15, 0.2) is 54.8 Å². The van der Waals surface area contributed by atoms with Gasteiger partial charge in [-0.2, -0.15) is 0 Å². The lowest BCUT2D eigenvalue weighted by Crippen LogP contribution is -2.24. The van der Waals surface area contributed by atoms with E-state index in [-0.39, 0.29) is 24.2 Å². The van der Waals surface area contributed by atoms with Crippen molar-refractivity contribution >= 4 is 0 Å². The van der Waals surface area contributed by atoms with Gasteiger partial charge in [0, 0.05) is 18.8 Å². The fraction of sp³-hybridized carbons (Fsp3) is 0.565. The molecule has 3 nitrogen and oxygen atoms in total. The van der Waals surface area contributed by atoms with Gasteiger partial charge in [-0.05, 0) is 50.0 Å². The summed E-state index contributed by atoms with van der Waals surface area (Å²) in [5.74, 6) is 1.35. The third-order valence-electron chi connectivity index (χ3n) is 5.92.